The first-order valence-corrected chi connectivity index (χ1v) is 8.04. The normalized spacial score (nSPS) is 11.0. The van der Waals surface area contributed by atoms with Gasteiger partial charge in [-0.05, 0) is 44.3 Å². The summed E-state index contributed by atoms with van der Waals surface area (Å²) in [5.74, 6) is 0. The molecule has 106 valence electrons. The Labute approximate surface area is 126 Å². The quantitative estimate of drug-likeness (QED) is 0.363. The van der Waals surface area contributed by atoms with Crippen LogP contribution in [0.2, 0.25) is 0 Å². The van der Waals surface area contributed by atoms with E-state index in [0.29, 0.717) is 0 Å². The molecule has 0 saturated carbocycles. The smallest absolute Gasteiger partial charge is 0.00240 e. The van der Waals surface area contributed by atoms with Crippen molar-refractivity contribution in [3.63, 3.8) is 0 Å². The maximum Gasteiger partial charge on any atom is -0.00240 e. The lowest BCUT2D eigenvalue weighted by molar-refractivity contribution is 0.930. The largest absolute Gasteiger partial charge is 0.0683 e. The van der Waals surface area contributed by atoms with Crippen molar-refractivity contribution in [2.24, 2.45) is 0 Å². The second-order valence-corrected chi connectivity index (χ2v) is 5.33. The minimum Gasteiger partial charge on any atom is -0.0683 e. The summed E-state index contributed by atoms with van der Waals surface area (Å²) in [6, 6.07) is 20.2. The van der Waals surface area contributed by atoms with Crippen LogP contribution in [0.15, 0.2) is 54.6 Å². The highest BCUT2D eigenvalue weighted by atomic mass is 14.1. The van der Waals surface area contributed by atoms with E-state index in [-0.39, 0.29) is 0 Å². The molecular formula is C21H22. The van der Waals surface area contributed by atoms with Crippen LogP contribution in [0.5, 0.6) is 0 Å². The van der Waals surface area contributed by atoms with E-state index >= 15 is 0 Å². The van der Waals surface area contributed by atoms with Crippen molar-refractivity contribution in [3.8, 4) is 0 Å². The fraction of sp³-hybridized carbons (Fsp3) is 0.238. The molecule has 0 amide bonds. The monoisotopic (exact) mass is 274 g/mol. The molecule has 0 bridgehead atoms. The molecule has 0 heteroatoms. The van der Waals surface area contributed by atoms with Crippen molar-refractivity contribution in [2.75, 3.05) is 0 Å². The molecule has 0 aliphatic rings. The summed E-state index contributed by atoms with van der Waals surface area (Å²) in [5.41, 5.74) is 1.48. The van der Waals surface area contributed by atoms with Crippen LogP contribution in [0.1, 0.15) is 32.8 Å². The molecule has 0 aromatic heterocycles. The molecule has 4 rings (SSSR count). The van der Waals surface area contributed by atoms with Gasteiger partial charge in [0.1, 0.15) is 0 Å². The van der Waals surface area contributed by atoms with Crippen molar-refractivity contribution in [1.82, 2.24) is 0 Å². The van der Waals surface area contributed by atoms with Gasteiger partial charge in [-0.1, -0.05) is 81.8 Å². The van der Waals surface area contributed by atoms with Gasteiger partial charge >= 0.3 is 0 Å². The van der Waals surface area contributed by atoms with Crippen molar-refractivity contribution in [1.29, 1.82) is 0 Å². The lowest BCUT2D eigenvalue weighted by atomic mass is 9.91. The zero-order valence-electron chi connectivity index (χ0n) is 13.1. The molecule has 0 spiro atoms. The van der Waals surface area contributed by atoms with Gasteiger partial charge < -0.3 is 0 Å². The highest BCUT2D eigenvalue weighted by molar-refractivity contribution is 6.23. The average Bonchev–Trinajstić information content (AvgIpc) is 2.56. The van der Waals surface area contributed by atoms with E-state index in [1.54, 1.807) is 0 Å². The average molecular weight is 274 g/mol. The van der Waals surface area contributed by atoms with Crippen molar-refractivity contribution in [2.45, 2.75) is 33.6 Å². The Morgan fingerprint density at radius 2 is 1.24 bits per heavy atom. The van der Waals surface area contributed by atoms with Crippen molar-refractivity contribution >= 4 is 32.3 Å². The number of benzene rings is 4. The summed E-state index contributed by atoms with van der Waals surface area (Å²) in [6.07, 6.45) is 2.36. The summed E-state index contributed by atoms with van der Waals surface area (Å²) in [5, 5.41) is 8.37. The standard InChI is InChI=1S/C19H16.C2H6/c1-2-4-13-7-8-16-10-9-14-5-3-6-15-11-12-17(13)19(16)18(14)15;1-2/h3,5-12H,2,4H2,1H3;1-2H3. The maximum atomic E-state index is 2.30. The summed E-state index contributed by atoms with van der Waals surface area (Å²) in [7, 11) is 0. The number of hydrogen-bond acceptors (Lipinski definition) is 0. The van der Waals surface area contributed by atoms with Crippen LogP contribution < -0.4 is 0 Å². The maximum absolute atomic E-state index is 2.30. The van der Waals surface area contributed by atoms with Crippen LogP contribution in [0.4, 0.5) is 0 Å². The third-order valence-electron chi connectivity index (χ3n) is 4.14. The third kappa shape index (κ3) is 2.15. The molecule has 0 fully saturated rings. The Kier molecular flexibility index (Phi) is 3.79. The Balaban J connectivity index is 0.000000636. The van der Waals surface area contributed by atoms with Gasteiger partial charge in [0.2, 0.25) is 0 Å². The third-order valence-corrected chi connectivity index (χ3v) is 4.14. The summed E-state index contributed by atoms with van der Waals surface area (Å²) in [4.78, 5) is 0. The SMILES string of the molecule is CC.CCCc1ccc2ccc3cccc4ccc1c2c34. The van der Waals surface area contributed by atoms with Crippen molar-refractivity contribution < 1.29 is 0 Å². The molecule has 0 heterocycles. The summed E-state index contributed by atoms with van der Waals surface area (Å²) in [6.45, 7) is 6.25. The van der Waals surface area contributed by atoms with E-state index < -0.39 is 0 Å². The zero-order chi connectivity index (χ0) is 14.8. The minimum absolute atomic E-state index is 1.16. The molecule has 0 unspecified atom stereocenters. The Hall–Kier alpha value is -2.08. The Morgan fingerprint density at radius 3 is 1.90 bits per heavy atom. The van der Waals surface area contributed by atoms with Gasteiger partial charge in [-0.3, -0.25) is 0 Å². The van der Waals surface area contributed by atoms with Crippen LogP contribution in [-0.4, -0.2) is 0 Å². The molecule has 0 aliphatic heterocycles. The van der Waals surface area contributed by atoms with Crippen LogP contribution in [-0.2, 0) is 6.42 Å². The van der Waals surface area contributed by atoms with E-state index in [2.05, 4.69) is 61.5 Å². The Bertz CT molecular complexity index is 855. The van der Waals surface area contributed by atoms with E-state index in [1.165, 1.54) is 44.3 Å². The van der Waals surface area contributed by atoms with Gasteiger partial charge in [0.15, 0.2) is 0 Å². The molecule has 0 N–H and O–H groups in total. The van der Waals surface area contributed by atoms with E-state index in [0.717, 1.165) is 6.42 Å². The first-order valence-electron chi connectivity index (χ1n) is 8.04. The van der Waals surface area contributed by atoms with Crippen LogP contribution in [0, 0.1) is 0 Å². The number of hydrogen-bond donors (Lipinski definition) is 0. The predicted molar refractivity (Wildman–Crippen MR) is 95.5 cm³/mol. The highest BCUT2D eigenvalue weighted by Gasteiger charge is 2.09. The second kappa shape index (κ2) is 5.73. The van der Waals surface area contributed by atoms with Crippen LogP contribution in [0.25, 0.3) is 32.3 Å². The molecule has 0 aliphatic carbocycles. The molecule has 0 nitrogen and oxygen atoms in total. The fourth-order valence-electron chi connectivity index (χ4n) is 3.28. The highest BCUT2D eigenvalue weighted by Crippen LogP contribution is 2.36. The summed E-state index contributed by atoms with van der Waals surface area (Å²) >= 11 is 0. The first-order chi connectivity index (χ1) is 10.4. The summed E-state index contributed by atoms with van der Waals surface area (Å²) < 4.78 is 0. The Morgan fingerprint density at radius 1 is 0.667 bits per heavy atom. The van der Waals surface area contributed by atoms with Crippen LogP contribution >= 0.6 is 0 Å². The number of rotatable bonds is 2. The zero-order valence-corrected chi connectivity index (χ0v) is 13.1. The first kappa shape index (κ1) is 13.9. The lowest BCUT2D eigenvalue weighted by Crippen LogP contribution is -1.89. The van der Waals surface area contributed by atoms with Crippen LogP contribution in [0.3, 0.4) is 0 Å². The van der Waals surface area contributed by atoms with Crippen molar-refractivity contribution in [3.05, 3.63) is 60.2 Å². The number of aryl methyl sites for hydroxylation is 1. The second-order valence-electron chi connectivity index (χ2n) is 5.33. The van der Waals surface area contributed by atoms with Gasteiger partial charge in [0.05, 0.1) is 0 Å². The predicted octanol–water partition coefficient (Wildman–Crippen LogP) is 6.56. The lowest BCUT2D eigenvalue weighted by Gasteiger charge is -2.13. The van der Waals surface area contributed by atoms with Gasteiger partial charge in [-0.2, -0.15) is 0 Å². The van der Waals surface area contributed by atoms with Gasteiger partial charge in [-0.25, -0.2) is 0 Å². The molecular weight excluding hydrogens is 252 g/mol. The fourth-order valence-corrected chi connectivity index (χ4v) is 3.28. The van der Waals surface area contributed by atoms with E-state index in [9.17, 15) is 0 Å². The minimum atomic E-state index is 1.16. The van der Waals surface area contributed by atoms with Gasteiger partial charge in [0.25, 0.3) is 0 Å². The molecule has 21 heavy (non-hydrogen) atoms. The topological polar surface area (TPSA) is 0 Å². The molecule has 4 aromatic rings. The van der Waals surface area contributed by atoms with E-state index in [4.69, 9.17) is 0 Å². The molecule has 0 saturated heterocycles. The molecule has 0 atom stereocenters. The van der Waals surface area contributed by atoms with Gasteiger partial charge in [0, 0.05) is 0 Å². The van der Waals surface area contributed by atoms with Gasteiger partial charge in [-0.15, -0.1) is 0 Å². The molecule has 4 aromatic carbocycles. The molecule has 0 radical (unpaired) electrons. The van der Waals surface area contributed by atoms with E-state index in [1.807, 2.05) is 13.8 Å².